The van der Waals surface area contributed by atoms with E-state index < -0.39 is 0 Å². The van der Waals surface area contributed by atoms with Gasteiger partial charge in [0, 0.05) is 40.2 Å². The van der Waals surface area contributed by atoms with E-state index in [1.165, 1.54) is 35.8 Å². The molecule has 1 saturated carbocycles. The van der Waals surface area contributed by atoms with Gasteiger partial charge >= 0.3 is 0 Å². The van der Waals surface area contributed by atoms with Crippen molar-refractivity contribution in [3.63, 3.8) is 0 Å². The highest BCUT2D eigenvalue weighted by molar-refractivity contribution is 5.95. The molecule has 2 aromatic carbocycles. The quantitative estimate of drug-likeness (QED) is 0.264. The van der Waals surface area contributed by atoms with Gasteiger partial charge in [-0.2, -0.15) is 14.9 Å². The van der Waals surface area contributed by atoms with Crippen LogP contribution in [0.15, 0.2) is 72.2 Å². The van der Waals surface area contributed by atoms with Gasteiger partial charge in [-0.3, -0.25) is 9.48 Å². The summed E-state index contributed by atoms with van der Waals surface area (Å²) in [5.74, 6) is 0.595. The van der Waals surface area contributed by atoms with Gasteiger partial charge in [0.05, 0.1) is 47.5 Å². The third-order valence-electron chi connectivity index (χ3n) is 9.29. The maximum atomic E-state index is 13.6. The van der Waals surface area contributed by atoms with E-state index >= 15 is 0 Å². The molecule has 1 atom stereocenters. The molecular weight excluding hydrogens is 552 g/mol. The lowest BCUT2D eigenvalue weighted by Crippen LogP contribution is -2.36. The van der Waals surface area contributed by atoms with Gasteiger partial charge in [0.25, 0.3) is 5.56 Å². The Morgan fingerprint density at radius 3 is 2.77 bits per heavy atom. The first-order chi connectivity index (χ1) is 21.6. The first kappa shape index (κ1) is 26.9. The van der Waals surface area contributed by atoms with Gasteiger partial charge in [-0.25, -0.2) is 9.97 Å². The fourth-order valence-corrected chi connectivity index (χ4v) is 6.69. The van der Waals surface area contributed by atoms with Crippen molar-refractivity contribution < 1.29 is 5.11 Å². The molecule has 10 heteroatoms. The highest BCUT2D eigenvalue weighted by atomic mass is 16.3. The summed E-state index contributed by atoms with van der Waals surface area (Å²) in [6.45, 7) is 5.13. The van der Waals surface area contributed by atoms with Crippen molar-refractivity contribution in [2.45, 2.75) is 51.2 Å². The van der Waals surface area contributed by atoms with E-state index in [1.54, 1.807) is 6.20 Å². The summed E-state index contributed by atoms with van der Waals surface area (Å²) >= 11 is 0. The number of fused-ring (bicyclic) bond motifs is 2. The Morgan fingerprint density at radius 2 is 1.93 bits per heavy atom. The number of aromatic amines is 1. The topological polar surface area (TPSA) is 118 Å². The van der Waals surface area contributed by atoms with Crippen LogP contribution in [0.4, 0.5) is 0 Å². The molecule has 2 fully saturated rings. The summed E-state index contributed by atoms with van der Waals surface area (Å²) in [4.78, 5) is 28.7. The van der Waals surface area contributed by atoms with E-state index in [-0.39, 0.29) is 12.2 Å². The zero-order valence-corrected chi connectivity index (χ0v) is 24.6. The number of aliphatic hydroxyl groups excluding tert-OH is 1. The van der Waals surface area contributed by atoms with Gasteiger partial charge in [0.15, 0.2) is 0 Å². The second-order valence-corrected chi connectivity index (χ2v) is 12.0. The fourth-order valence-electron chi connectivity index (χ4n) is 6.69. The minimum absolute atomic E-state index is 0.217. The highest BCUT2D eigenvalue weighted by Gasteiger charge is 2.25. The standard InChI is InChI=1S/C34H34N8O2/c1-2-40-12-4-5-25(18-40)41-17-24(16-37-41)30-14-28-32(35-20-36-33(28)39-30)27-6-3-7-31(29(27)19-43)42-34(44)26-11-10-22(21-8-9-21)13-23(26)15-38-42/h3,6-7,10-11,13-17,20-21,25,43H,2,4-5,8-9,12,18-19H2,1H3,(H,35,36,39)/t25-/m1/s1. The average molecular weight is 587 g/mol. The van der Waals surface area contributed by atoms with Crippen LogP contribution in [0.1, 0.15) is 55.7 Å². The second-order valence-electron chi connectivity index (χ2n) is 12.0. The number of likely N-dealkylation sites (tertiary alicyclic amines) is 1. The number of aliphatic hydroxyl groups is 1. The number of aromatic nitrogens is 7. The summed E-state index contributed by atoms with van der Waals surface area (Å²) in [5.41, 5.74) is 6.11. The fraction of sp³-hybridized carbons (Fsp3) is 0.324. The lowest BCUT2D eigenvalue weighted by atomic mass is 10.0. The number of H-pyrrole nitrogens is 1. The molecule has 2 aliphatic rings. The van der Waals surface area contributed by atoms with Crippen molar-refractivity contribution in [1.82, 2.24) is 39.4 Å². The Bertz CT molecular complexity index is 2070. The smallest absolute Gasteiger partial charge is 0.279 e. The molecule has 0 spiro atoms. The van der Waals surface area contributed by atoms with Gasteiger partial charge in [-0.05, 0) is 74.5 Å². The summed E-state index contributed by atoms with van der Waals surface area (Å²) in [5, 5.41) is 22.2. The maximum absolute atomic E-state index is 13.6. The lowest BCUT2D eigenvalue weighted by Gasteiger charge is -2.31. The normalized spacial score (nSPS) is 17.5. The highest BCUT2D eigenvalue weighted by Crippen LogP contribution is 2.40. The van der Waals surface area contributed by atoms with E-state index in [1.807, 2.05) is 36.5 Å². The largest absolute Gasteiger partial charge is 0.392 e. The van der Waals surface area contributed by atoms with Gasteiger partial charge in [0.2, 0.25) is 0 Å². The summed E-state index contributed by atoms with van der Waals surface area (Å²) in [7, 11) is 0. The van der Waals surface area contributed by atoms with Crippen molar-refractivity contribution in [3.05, 3.63) is 88.9 Å². The van der Waals surface area contributed by atoms with Crippen molar-refractivity contribution in [3.8, 4) is 28.2 Å². The molecule has 2 N–H and O–H groups in total. The summed E-state index contributed by atoms with van der Waals surface area (Å²) < 4.78 is 3.47. The molecule has 44 heavy (non-hydrogen) atoms. The van der Waals surface area contributed by atoms with E-state index in [4.69, 9.17) is 5.10 Å². The van der Waals surface area contributed by atoms with Gasteiger partial charge < -0.3 is 15.0 Å². The van der Waals surface area contributed by atoms with E-state index in [0.717, 1.165) is 53.6 Å². The molecule has 222 valence electrons. The molecule has 0 bridgehead atoms. The van der Waals surface area contributed by atoms with Crippen LogP contribution in [0.3, 0.4) is 0 Å². The number of nitrogens with zero attached hydrogens (tertiary/aromatic N) is 7. The van der Waals surface area contributed by atoms with Crippen LogP contribution >= 0.6 is 0 Å². The molecule has 0 unspecified atom stereocenters. The van der Waals surface area contributed by atoms with E-state index in [2.05, 4.69) is 54.9 Å². The lowest BCUT2D eigenvalue weighted by molar-refractivity contribution is 0.177. The maximum Gasteiger partial charge on any atom is 0.279 e. The molecule has 1 saturated heterocycles. The Kier molecular flexibility index (Phi) is 6.61. The summed E-state index contributed by atoms with van der Waals surface area (Å²) in [6.07, 6.45) is 12.0. The van der Waals surface area contributed by atoms with Gasteiger partial charge in [0.1, 0.15) is 12.0 Å². The predicted molar refractivity (Wildman–Crippen MR) is 170 cm³/mol. The van der Waals surface area contributed by atoms with Crippen molar-refractivity contribution in [1.29, 1.82) is 0 Å². The molecule has 0 radical (unpaired) electrons. The Hall–Kier alpha value is -4.67. The third kappa shape index (κ3) is 4.61. The van der Waals surface area contributed by atoms with Crippen molar-refractivity contribution >= 4 is 21.8 Å². The number of nitrogens with one attached hydrogen (secondary N) is 1. The molecular formula is C34H34N8O2. The number of hydrogen-bond acceptors (Lipinski definition) is 7. The van der Waals surface area contributed by atoms with E-state index in [9.17, 15) is 9.90 Å². The monoisotopic (exact) mass is 586 g/mol. The number of piperidine rings is 1. The SMILES string of the molecule is CCN1CCC[C@@H](n2cc(-c3cc4c(-c5cccc(-n6ncc7cc(C8CC8)ccc7c6=O)c5CO)ncnc4[nH]3)cn2)C1. The minimum atomic E-state index is -0.288. The summed E-state index contributed by atoms with van der Waals surface area (Å²) in [6, 6.07) is 14.0. The van der Waals surface area contributed by atoms with Gasteiger partial charge in [-0.15, -0.1) is 0 Å². The first-order valence-corrected chi connectivity index (χ1v) is 15.5. The van der Waals surface area contributed by atoms with Crippen LogP contribution < -0.4 is 5.56 Å². The number of hydrogen-bond donors (Lipinski definition) is 2. The number of rotatable bonds is 7. The number of benzene rings is 2. The molecule has 4 aromatic heterocycles. The van der Waals surface area contributed by atoms with Crippen molar-refractivity contribution in [2.75, 3.05) is 19.6 Å². The van der Waals surface area contributed by atoms with Crippen molar-refractivity contribution in [2.24, 2.45) is 0 Å². The van der Waals surface area contributed by atoms with E-state index in [0.29, 0.717) is 39.9 Å². The molecule has 1 aliphatic heterocycles. The number of likely N-dealkylation sites (N-methyl/N-ethyl adjacent to an activating group) is 1. The molecule has 5 heterocycles. The molecule has 0 amide bonds. The predicted octanol–water partition coefficient (Wildman–Crippen LogP) is 5.21. The first-order valence-electron chi connectivity index (χ1n) is 15.5. The molecule has 6 aromatic rings. The zero-order valence-electron chi connectivity index (χ0n) is 24.6. The van der Waals surface area contributed by atoms with Crippen LogP contribution in [0, 0.1) is 0 Å². The molecule has 8 rings (SSSR count). The Labute approximate surface area is 254 Å². The van der Waals surface area contributed by atoms with Gasteiger partial charge in [-0.1, -0.05) is 25.1 Å². The van der Waals surface area contributed by atoms with Crippen LogP contribution in [0.2, 0.25) is 0 Å². The van der Waals surface area contributed by atoms with Crippen LogP contribution in [0.25, 0.3) is 50.0 Å². The van der Waals surface area contributed by atoms with Crippen LogP contribution in [-0.4, -0.2) is 64.2 Å². The van der Waals surface area contributed by atoms with Crippen LogP contribution in [-0.2, 0) is 6.61 Å². The molecule has 10 nitrogen and oxygen atoms in total. The zero-order chi connectivity index (χ0) is 29.8. The third-order valence-corrected chi connectivity index (χ3v) is 9.29. The minimum Gasteiger partial charge on any atom is -0.392 e. The van der Waals surface area contributed by atoms with Crippen LogP contribution in [0.5, 0.6) is 0 Å². The second kappa shape index (κ2) is 10.8. The Balaban J connectivity index is 1.18. The Morgan fingerprint density at radius 1 is 1.02 bits per heavy atom. The molecule has 1 aliphatic carbocycles. The average Bonchev–Trinajstić information content (AvgIpc) is 3.63.